The third-order valence-corrected chi connectivity index (χ3v) is 2.45. The molecular formula is C12H12N3O. The number of aryl methyl sites for hydroxylation is 1. The molecule has 0 aliphatic carbocycles. The minimum absolute atomic E-state index is 0.188. The lowest BCUT2D eigenvalue weighted by Gasteiger charge is -2.04. The Balaban J connectivity index is 2.53. The number of aromatic amines is 1. The normalized spacial score (nSPS) is 10.1. The number of amides is 1. The van der Waals surface area contributed by atoms with Crippen molar-refractivity contribution in [1.29, 1.82) is 0 Å². The average Bonchev–Trinajstić information content (AvgIpc) is 2.77. The molecule has 0 atom stereocenters. The molecule has 1 radical (unpaired) electrons. The smallest absolute Gasteiger partial charge is 0.269 e. The molecular weight excluding hydrogens is 202 g/mol. The van der Waals surface area contributed by atoms with E-state index in [0.29, 0.717) is 11.3 Å². The maximum atomic E-state index is 11.6. The molecule has 0 aliphatic rings. The van der Waals surface area contributed by atoms with Crippen molar-refractivity contribution in [2.75, 3.05) is 7.05 Å². The Morgan fingerprint density at radius 2 is 2.19 bits per heavy atom. The molecule has 0 spiro atoms. The molecule has 16 heavy (non-hydrogen) atoms. The van der Waals surface area contributed by atoms with Crippen molar-refractivity contribution >= 4 is 5.91 Å². The molecule has 0 aliphatic heterocycles. The van der Waals surface area contributed by atoms with Crippen LogP contribution < -0.4 is 5.32 Å². The van der Waals surface area contributed by atoms with E-state index in [1.807, 2.05) is 31.2 Å². The molecule has 2 aromatic rings. The first-order chi connectivity index (χ1) is 7.74. The summed E-state index contributed by atoms with van der Waals surface area (Å²) in [6.45, 7) is 1.99. The van der Waals surface area contributed by atoms with E-state index in [9.17, 15) is 4.79 Å². The van der Waals surface area contributed by atoms with Crippen molar-refractivity contribution in [2.24, 2.45) is 0 Å². The zero-order chi connectivity index (χ0) is 11.5. The summed E-state index contributed by atoms with van der Waals surface area (Å²) < 4.78 is 0. The molecule has 81 valence electrons. The van der Waals surface area contributed by atoms with Gasteiger partial charge in [0.05, 0.1) is 0 Å². The number of aromatic nitrogens is 2. The van der Waals surface area contributed by atoms with E-state index in [1.54, 1.807) is 7.05 Å². The lowest BCUT2D eigenvalue weighted by molar-refractivity contribution is 0.0959. The zero-order valence-corrected chi connectivity index (χ0v) is 9.16. The summed E-state index contributed by atoms with van der Waals surface area (Å²) >= 11 is 0. The maximum absolute atomic E-state index is 11.6. The summed E-state index contributed by atoms with van der Waals surface area (Å²) in [6.07, 6.45) is 2.81. The Labute approximate surface area is 93.7 Å². The summed E-state index contributed by atoms with van der Waals surface area (Å²) in [5, 5.41) is 9.03. The Bertz CT molecular complexity index is 516. The van der Waals surface area contributed by atoms with Crippen LogP contribution >= 0.6 is 0 Å². The summed E-state index contributed by atoms with van der Waals surface area (Å²) in [6, 6.07) is 7.82. The third kappa shape index (κ3) is 1.69. The summed E-state index contributed by atoms with van der Waals surface area (Å²) in [7, 11) is 1.59. The fraction of sp³-hybridized carbons (Fsp3) is 0.167. The molecule has 0 unspecified atom stereocenters. The SMILES string of the molecule is CNC(=O)c1[nH]n[c]c1-c1ccccc1C. The molecule has 4 nitrogen and oxygen atoms in total. The predicted octanol–water partition coefficient (Wildman–Crippen LogP) is 1.54. The predicted molar refractivity (Wildman–Crippen MR) is 61.0 cm³/mol. The minimum atomic E-state index is -0.188. The average molecular weight is 214 g/mol. The Morgan fingerprint density at radius 3 is 2.88 bits per heavy atom. The lowest BCUT2D eigenvalue weighted by atomic mass is 10.0. The molecule has 1 heterocycles. The van der Waals surface area contributed by atoms with Gasteiger partial charge in [0.1, 0.15) is 11.9 Å². The van der Waals surface area contributed by atoms with Crippen molar-refractivity contribution in [3.05, 3.63) is 41.7 Å². The molecule has 2 rings (SSSR count). The molecule has 0 saturated heterocycles. The summed E-state index contributed by atoms with van der Waals surface area (Å²) in [4.78, 5) is 11.6. The number of hydrogen-bond acceptors (Lipinski definition) is 2. The molecule has 0 bridgehead atoms. The van der Waals surface area contributed by atoms with Gasteiger partial charge >= 0.3 is 0 Å². The first-order valence-corrected chi connectivity index (χ1v) is 4.98. The van der Waals surface area contributed by atoms with Crippen molar-refractivity contribution in [3.8, 4) is 11.1 Å². The van der Waals surface area contributed by atoms with Crippen molar-refractivity contribution in [1.82, 2.24) is 15.5 Å². The molecule has 1 aromatic carbocycles. The van der Waals surface area contributed by atoms with Crippen LogP contribution in [0.15, 0.2) is 24.3 Å². The second-order valence-electron chi connectivity index (χ2n) is 3.48. The highest BCUT2D eigenvalue weighted by atomic mass is 16.1. The van der Waals surface area contributed by atoms with E-state index in [1.165, 1.54) is 0 Å². The van der Waals surface area contributed by atoms with Crippen LogP contribution in [-0.2, 0) is 0 Å². The number of H-pyrrole nitrogens is 1. The van der Waals surface area contributed by atoms with E-state index in [2.05, 4.69) is 21.7 Å². The Kier molecular flexibility index (Phi) is 2.72. The zero-order valence-electron chi connectivity index (χ0n) is 9.16. The van der Waals surface area contributed by atoms with Crippen molar-refractivity contribution in [3.63, 3.8) is 0 Å². The molecule has 1 aromatic heterocycles. The number of carbonyl (C=O) groups is 1. The van der Waals surface area contributed by atoms with E-state index in [-0.39, 0.29) is 5.91 Å². The number of rotatable bonds is 2. The van der Waals surface area contributed by atoms with Gasteiger partial charge < -0.3 is 5.32 Å². The van der Waals surface area contributed by atoms with Gasteiger partial charge in [0, 0.05) is 12.6 Å². The molecule has 0 fully saturated rings. The van der Waals surface area contributed by atoms with Crippen LogP contribution in [0.4, 0.5) is 0 Å². The van der Waals surface area contributed by atoms with E-state index in [0.717, 1.165) is 11.1 Å². The number of hydrogen-bond donors (Lipinski definition) is 2. The van der Waals surface area contributed by atoms with Crippen LogP contribution in [0.25, 0.3) is 11.1 Å². The first-order valence-electron chi connectivity index (χ1n) is 4.98. The van der Waals surface area contributed by atoms with Crippen LogP contribution in [0, 0.1) is 13.1 Å². The van der Waals surface area contributed by atoms with Gasteiger partial charge in [-0.3, -0.25) is 9.89 Å². The number of carbonyl (C=O) groups excluding carboxylic acids is 1. The lowest BCUT2D eigenvalue weighted by Crippen LogP contribution is -2.19. The second kappa shape index (κ2) is 4.18. The summed E-state index contributed by atoms with van der Waals surface area (Å²) in [5.74, 6) is -0.188. The van der Waals surface area contributed by atoms with Gasteiger partial charge in [-0.2, -0.15) is 5.10 Å². The van der Waals surface area contributed by atoms with Gasteiger partial charge in [0.2, 0.25) is 0 Å². The van der Waals surface area contributed by atoms with Crippen molar-refractivity contribution in [2.45, 2.75) is 6.92 Å². The highest BCUT2D eigenvalue weighted by Crippen LogP contribution is 2.24. The van der Waals surface area contributed by atoms with E-state index >= 15 is 0 Å². The molecule has 1 amide bonds. The highest BCUT2D eigenvalue weighted by molar-refractivity contribution is 5.98. The third-order valence-electron chi connectivity index (χ3n) is 2.45. The fourth-order valence-corrected chi connectivity index (χ4v) is 1.59. The second-order valence-corrected chi connectivity index (χ2v) is 3.48. The summed E-state index contributed by atoms with van der Waals surface area (Å²) in [5.41, 5.74) is 3.20. The molecule has 4 heteroatoms. The van der Waals surface area contributed by atoms with E-state index in [4.69, 9.17) is 0 Å². The van der Waals surface area contributed by atoms with Crippen LogP contribution in [0.5, 0.6) is 0 Å². The van der Waals surface area contributed by atoms with Gasteiger partial charge in [-0.05, 0) is 18.1 Å². The van der Waals surface area contributed by atoms with Crippen LogP contribution in [-0.4, -0.2) is 23.2 Å². The van der Waals surface area contributed by atoms with Gasteiger partial charge in [-0.25, -0.2) is 0 Å². The van der Waals surface area contributed by atoms with Crippen LogP contribution in [0.2, 0.25) is 0 Å². The minimum Gasteiger partial charge on any atom is -0.354 e. The topological polar surface area (TPSA) is 57.8 Å². The largest absolute Gasteiger partial charge is 0.354 e. The highest BCUT2D eigenvalue weighted by Gasteiger charge is 2.15. The Morgan fingerprint density at radius 1 is 1.44 bits per heavy atom. The standard InChI is InChI=1S/C12H12N3O/c1-8-5-3-4-6-9(8)10-7-14-15-11(10)12(16)13-2/h3-6H,1-2H3,(H,13,16)(H,14,15). The van der Waals surface area contributed by atoms with E-state index < -0.39 is 0 Å². The fourth-order valence-electron chi connectivity index (χ4n) is 1.59. The number of nitrogens with zero attached hydrogens (tertiary/aromatic N) is 1. The van der Waals surface area contributed by atoms with Gasteiger partial charge in [0.25, 0.3) is 5.91 Å². The van der Waals surface area contributed by atoms with Gasteiger partial charge in [0.15, 0.2) is 0 Å². The monoisotopic (exact) mass is 214 g/mol. The first kappa shape index (κ1) is 10.4. The van der Waals surface area contributed by atoms with Gasteiger partial charge in [-0.15, -0.1) is 0 Å². The number of benzene rings is 1. The Hall–Kier alpha value is -2.10. The van der Waals surface area contributed by atoms with Crippen LogP contribution in [0.1, 0.15) is 16.1 Å². The molecule has 2 N–H and O–H groups in total. The van der Waals surface area contributed by atoms with Crippen molar-refractivity contribution < 1.29 is 4.79 Å². The van der Waals surface area contributed by atoms with Gasteiger partial charge in [-0.1, -0.05) is 24.3 Å². The molecule has 0 saturated carbocycles. The number of nitrogens with one attached hydrogen (secondary N) is 2. The quantitative estimate of drug-likeness (QED) is 0.796. The maximum Gasteiger partial charge on any atom is 0.269 e. The van der Waals surface area contributed by atoms with Crippen LogP contribution in [0.3, 0.4) is 0 Å².